The van der Waals surface area contributed by atoms with Gasteiger partial charge in [-0.2, -0.15) is 0 Å². The number of hydrogen-bond acceptors (Lipinski definition) is 1. The second-order valence-corrected chi connectivity index (χ2v) is 8.70. The van der Waals surface area contributed by atoms with E-state index in [1.54, 1.807) is 0 Å². The topological polar surface area (TPSA) is 12.0 Å². The molecule has 1 heteroatoms. The second-order valence-electron chi connectivity index (χ2n) is 8.70. The first kappa shape index (κ1) is 13.9. The Morgan fingerprint density at radius 2 is 1.68 bits per heavy atom. The summed E-state index contributed by atoms with van der Waals surface area (Å²) in [5, 5.41) is 4.11. The molecule has 0 saturated heterocycles. The van der Waals surface area contributed by atoms with Gasteiger partial charge in [0.15, 0.2) is 0 Å². The van der Waals surface area contributed by atoms with Gasteiger partial charge >= 0.3 is 0 Å². The van der Waals surface area contributed by atoms with Gasteiger partial charge in [0.1, 0.15) is 0 Å². The molecular weight excluding hydrogens is 230 g/mol. The third kappa shape index (κ3) is 2.26. The van der Waals surface area contributed by atoms with Crippen LogP contribution in [0, 0.1) is 22.7 Å². The lowest BCUT2D eigenvalue weighted by Crippen LogP contribution is -2.54. The maximum Gasteiger partial charge on any atom is 0.0177 e. The summed E-state index contributed by atoms with van der Waals surface area (Å²) in [6, 6.07) is 1.47. The minimum atomic E-state index is 0.510. The molecule has 3 aliphatic carbocycles. The van der Waals surface area contributed by atoms with Crippen LogP contribution in [0.5, 0.6) is 0 Å². The zero-order chi connectivity index (χ0) is 13.7. The van der Waals surface area contributed by atoms with Crippen LogP contribution in [0.3, 0.4) is 0 Å². The second kappa shape index (κ2) is 4.76. The third-order valence-corrected chi connectivity index (χ3v) is 7.06. The fourth-order valence-corrected chi connectivity index (χ4v) is 5.75. The quantitative estimate of drug-likeness (QED) is 0.774. The number of hydrogen-bond donors (Lipinski definition) is 1. The number of nitrogens with one attached hydrogen (secondary N) is 1. The lowest BCUT2D eigenvalue weighted by Gasteiger charge is -2.46. The summed E-state index contributed by atoms with van der Waals surface area (Å²) in [6.45, 7) is 10.1. The van der Waals surface area contributed by atoms with Crippen LogP contribution in [-0.2, 0) is 0 Å². The van der Waals surface area contributed by atoms with Crippen molar-refractivity contribution in [3.63, 3.8) is 0 Å². The predicted octanol–water partition coefficient (Wildman–Crippen LogP) is 4.76. The fourth-order valence-electron chi connectivity index (χ4n) is 5.75. The van der Waals surface area contributed by atoms with Gasteiger partial charge in [0.25, 0.3) is 0 Å². The van der Waals surface area contributed by atoms with Crippen LogP contribution in [0.4, 0.5) is 0 Å². The summed E-state index contributed by atoms with van der Waals surface area (Å²) in [5.74, 6) is 1.90. The standard InChI is InChI=1S/C18H33N/c1-13(14-8-6-5-7-9-14)19-16-17(2,3)15-10-11-18(16,4)12-15/h13-16,19H,5-12H2,1-4H3/t13-,15-,16?,18+/m0/s1. The van der Waals surface area contributed by atoms with Crippen molar-refractivity contribution in [1.82, 2.24) is 5.32 Å². The molecule has 0 radical (unpaired) electrons. The smallest absolute Gasteiger partial charge is 0.0177 e. The highest BCUT2D eigenvalue weighted by atomic mass is 15.0. The molecule has 0 heterocycles. The molecule has 1 nitrogen and oxygen atoms in total. The monoisotopic (exact) mass is 263 g/mol. The molecule has 0 aromatic rings. The van der Waals surface area contributed by atoms with Gasteiger partial charge in [-0.3, -0.25) is 0 Å². The van der Waals surface area contributed by atoms with Crippen LogP contribution in [0.15, 0.2) is 0 Å². The summed E-state index contributed by atoms with van der Waals surface area (Å²) in [4.78, 5) is 0. The van der Waals surface area contributed by atoms with E-state index in [2.05, 4.69) is 33.0 Å². The molecular formula is C18H33N. The Kier molecular flexibility index (Phi) is 3.48. The molecule has 0 amide bonds. The molecule has 0 aromatic carbocycles. The summed E-state index contributed by atoms with van der Waals surface area (Å²) >= 11 is 0. The SMILES string of the molecule is C[C@H](NC1C(C)(C)[C@H]2CC[C@]1(C)C2)C1CCCCC1. The lowest BCUT2D eigenvalue weighted by atomic mass is 9.68. The normalized spacial score (nSPS) is 43.6. The van der Waals surface area contributed by atoms with Crippen molar-refractivity contribution in [1.29, 1.82) is 0 Å². The van der Waals surface area contributed by atoms with E-state index in [9.17, 15) is 0 Å². The minimum absolute atomic E-state index is 0.510. The van der Waals surface area contributed by atoms with Crippen molar-refractivity contribution in [3.8, 4) is 0 Å². The van der Waals surface area contributed by atoms with Crippen LogP contribution in [0.1, 0.15) is 79.1 Å². The summed E-state index contributed by atoms with van der Waals surface area (Å²) < 4.78 is 0. The molecule has 2 bridgehead atoms. The summed E-state index contributed by atoms with van der Waals surface area (Å²) in [7, 11) is 0. The number of fused-ring (bicyclic) bond motifs is 2. The van der Waals surface area contributed by atoms with Crippen molar-refractivity contribution >= 4 is 0 Å². The molecule has 1 N–H and O–H groups in total. The van der Waals surface area contributed by atoms with Gasteiger partial charge in [0.2, 0.25) is 0 Å². The third-order valence-electron chi connectivity index (χ3n) is 7.06. The molecule has 4 atom stereocenters. The molecule has 1 unspecified atom stereocenters. The van der Waals surface area contributed by atoms with E-state index in [0.717, 1.165) is 23.9 Å². The first-order valence-electron chi connectivity index (χ1n) is 8.69. The fraction of sp³-hybridized carbons (Fsp3) is 1.00. The van der Waals surface area contributed by atoms with E-state index in [1.807, 2.05) is 0 Å². The molecule has 0 spiro atoms. The highest BCUT2D eigenvalue weighted by Gasteiger charge is 2.59. The van der Waals surface area contributed by atoms with Gasteiger partial charge in [-0.1, -0.05) is 40.0 Å². The number of rotatable bonds is 3. The molecule has 19 heavy (non-hydrogen) atoms. The van der Waals surface area contributed by atoms with Crippen LogP contribution < -0.4 is 5.32 Å². The zero-order valence-electron chi connectivity index (χ0n) is 13.5. The minimum Gasteiger partial charge on any atom is -0.310 e. The van der Waals surface area contributed by atoms with Gasteiger partial charge in [-0.25, -0.2) is 0 Å². The summed E-state index contributed by atoms with van der Waals surface area (Å²) in [6.07, 6.45) is 11.7. The van der Waals surface area contributed by atoms with Gasteiger partial charge in [-0.05, 0) is 61.7 Å². The maximum atomic E-state index is 4.11. The predicted molar refractivity (Wildman–Crippen MR) is 82.2 cm³/mol. The van der Waals surface area contributed by atoms with E-state index >= 15 is 0 Å². The Morgan fingerprint density at radius 3 is 2.26 bits per heavy atom. The molecule has 110 valence electrons. The van der Waals surface area contributed by atoms with E-state index in [1.165, 1.54) is 51.4 Å². The molecule has 0 aliphatic heterocycles. The van der Waals surface area contributed by atoms with E-state index in [4.69, 9.17) is 0 Å². The van der Waals surface area contributed by atoms with Crippen LogP contribution in [-0.4, -0.2) is 12.1 Å². The Balaban J connectivity index is 1.68. The van der Waals surface area contributed by atoms with Crippen molar-refractivity contribution in [2.75, 3.05) is 0 Å². The van der Waals surface area contributed by atoms with Gasteiger partial charge < -0.3 is 5.32 Å². The van der Waals surface area contributed by atoms with Crippen LogP contribution in [0.25, 0.3) is 0 Å². The average molecular weight is 263 g/mol. The van der Waals surface area contributed by atoms with Gasteiger partial charge in [-0.15, -0.1) is 0 Å². The molecule has 3 aliphatic rings. The van der Waals surface area contributed by atoms with E-state index in [-0.39, 0.29) is 0 Å². The molecule has 0 aromatic heterocycles. The largest absolute Gasteiger partial charge is 0.310 e. The molecule has 3 saturated carbocycles. The van der Waals surface area contributed by atoms with Crippen LogP contribution >= 0.6 is 0 Å². The van der Waals surface area contributed by atoms with E-state index < -0.39 is 0 Å². The molecule has 3 rings (SSSR count). The van der Waals surface area contributed by atoms with Gasteiger partial charge in [0, 0.05) is 12.1 Å². The Morgan fingerprint density at radius 1 is 1.00 bits per heavy atom. The van der Waals surface area contributed by atoms with Crippen molar-refractivity contribution in [2.45, 2.75) is 91.1 Å². The van der Waals surface area contributed by atoms with Crippen molar-refractivity contribution < 1.29 is 0 Å². The van der Waals surface area contributed by atoms with Crippen molar-refractivity contribution in [3.05, 3.63) is 0 Å². The Hall–Kier alpha value is -0.0400. The highest BCUT2D eigenvalue weighted by Crippen LogP contribution is 2.62. The van der Waals surface area contributed by atoms with E-state index in [0.29, 0.717) is 10.8 Å². The summed E-state index contributed by atoms with van der Waals surface area (Å²) in [5.41, 5.74) is 1.09. The maximum absolute atomic E-state index is 4.11. The first-order chi connectivity index (χ1) is 8.93. The first-order valence-corrected chi connectivity index (χ1v) is 8.69. The average Bonchev–Trinajstić information content (AvgIpc) is 2.87. The van der Waals surface area contributed by atoms with Crippen LogP contribution in [0.2, 0.25) is 0 Å². The van der Waals surface area contributed by atoms with Gasteiger partial charge in [0.05, 0.1) is 0 Å². The lowest BCUT2D eigenvalue weighted by molar-refractivity contribution is 0.0876. The Bertz CT molecular complexity index is 324. The highest BCUT2D eigenvalue weighted by molar-refractivity contribution is 5.12. The molecule has 3 fully saturated rings. The van der Waals surface area contributed by atoms with Crippen molar-refractivity contribution in [2.24, 2.45) is 22.7 Å². The Labute approximate surface area is 119 Å². The zero-order valence-corrected chi connectivity index (χ0v) is 13.5.